The Morgan fingerprint density at radius 2 is 1.95 bits per heavy atom. The molecule has 2 heterocycles. The van der Waals surface area contributed by atoms with Gasteiger partial charge < -0.3 is 9.42 Å². The first-order chi connectivity index (χ1) is 9.81. The van der Waals surface area contributed by atoms with Gasteiger partial charge in [0.15, 0.2) is 0 Å². The first kappa shape index (κ1) is 11.7. The highest BCUT2D eigenvalue weighted by atomic mass is 16.5. The van der Waals surface area contributed by atoms with Gasteiger partial charge in [0, 0.05) is 24.4 Å². The number of fused-ring (bicyclic) bond motifs is 2. The Labute approximate surface area is 117 Å². The molecule has 1 aromatic heterocycles. The van der Waals surface area contributed by atoms with Gasteiger partial charge >= 0.3 is 0 Å². The highest BCUT2D eigenvalue weighted by Gasteiger charge is 2.32. The van der Waals surface area contributed by atoms with Gasteiger partial charge in [-0.1, -0.05) is 29.4 Å². The molecule has 0 atom stereocenters. The Morgan fingerprint density at radius 1 is 1.20 bits per heavy atom. The van der Waals surface area contributed by atoms with E-state index in [-0.39, 0.29) is 11.8 Å². The highest BCUT2D eigenvalue weighted by Crippen LogP contribution is 2.29. The lowest BCUT2D eigenvalue weighted by Gasteiger charge is -2.28. The quantitative estimate of drug-likeness (QED) is 0.794. The molecule has 4 rings (SSSR count). The van der Waals surface area contributed by atoms with Gasteiger partial charge in [0.05, 0.1) is 12.2 Å². The molecule has 4 heteroatoms. The molecule has 2 aromatic rings. The Hall–Kier alpha value is -2.10. The number of nitrogens with zero attached hydrogens (tertiary/aromatic N) is 2. The molecule has 102 valence electrons. The average Bonchev–Trinajstić information content (AvgIpc) is 3.11. The number of hydrogen-bond donors (Lipinski definition) is 0. The summed E-state index contributed by atoms with van der Waals surface area (Å²) >= 11 is 0. The predicted molar refractivity (Wildman–Crippen MR) is 73.0 cm³/mol. The molecule has 0 saturated heterocycles. The lowest BCUT2D eigenvalue weighted by atomic mass is 10.0. The Bertz CT molecular complexity index is 633. The van der Waals surface area contributed by atoms with E-state index in [0.29, 0.717) is 6.54 Å². The number of hydrogen-bond acceptors (Lipinski definition) is 3. The van der Waals surface area contributed by atoms with Crippen molar-refractivity contribution < 1.29 is 9.32 Å². The van der Waals surface area contributed by atoms with E-state index in [2.05, 4.69) is 29.4 Å². The van der Waals surface area contributed by atoms with Crippen LogP contribution in [0.3, 0.4) is 0 Å². The molecule has 0 fully saturated rings. The molecule has 0 spiro atoms. The third-order valence-electron chi connectivity index (χ3n) is 4.42. The molecular formula is C16H16N2O2. The summed E-state index contributed by atoms with van der Waals surface area (Å²) < 4.78 is 4.98. The van der Waals surface area contributed by atoms with E-state index < -0.39 is 0 Å². The molecule has 2 aliphatic rings. The minimum absolute atomic E-state index is 0.105. The van der Waals surface area contributed by atoms with Gasteiger partial charge in [-0.15, -0.1) is 0 Å². The Kier molecular flexibility index (Phi) is 2.62. The Balaban J connectivity index is 1.50. The van der Waals surface area contributed by atoms with Crippen LogP contribution in [0.15, 0.2) is 35.1 Å². The van der Waals surface area contributed by atoms with Crippen LogP contribution in [0.2, 0.25) is 0 Å². The van der Waals surface area contributed by atoms with Gasteiger partial charge in [0.2, 0.25) is 5.91 Å². The lowest BCUT2D eigenvalue weighted by Crippen LogP contribution is -2.39. The van der Waals surface area contributed by atoms with Gasteiger partial charge in [-0.2, -0.15) is 0 Å². The minimum atomic E-state index is 0.105. The second kappa shape index (κ2) is 4.47. The second-order valence-electron chi connectivity index (χ2n) is 5.67. The van der Waals surface area contributed by atoms with Gasteiger partial charge in [-0.05, 0) is 24.0 Å². The largest absolute Gasteiger partial charge is 0.364 e. The van der Waals surface area contributed by atoms with Gasteiger partial charge in [-0.3, -0.25) is 4.79 Å². The summed E-state index contributed by atoms with van der Waals surface area (Å²) in [5.74, 6) is 0.377. The van der Waals surface area contributed by atoms with Crippen LogP contribution in [-0.2, 0) is 30.6 Å². The first-order valence-electron chi connectivity index (χ1n) is 7.09. The molecule has 0 saturated carbocycles. The summed E-state index contributed by atoms with van der Waals surface area (Å²) in [7, 11) is 0. The molecule has 1 aliphatic carbocycles. The molecule has 0 radical (unpaired) electrons. The van der Waals surface area contributed by atoms with E-state index in [1.807, 2.05) is 4.90 Å². The van der Waals surface area contributed by atoms with Crippen molar-refractivity contribution in [3.8, 4) is 0 Å². The van der Waals surface area contributed by atoms with Crippen molar-refractivity contribution in [2.75, 3.05) is 6.54 Å². The highest BCUT2D eigenvalue weighted by molar-refractivity contribution is 5.80. The number of amides is 1. The van der Waals surface area contributed by atoms with Gasteiger partial charge in [-0.25, -0.2) is 0 Å². The summed E-state index contributed by atoms with van der Waals surface area (Å²) in [6.07, 6.45) is 4.22. The summed E-state index contributed by atoms with van der Waals surface area (Å²) in [6.45, 7) is 1.40. The van der Waals surface area contributed by atoms with Crippen molar-refractivity contribution in [2.45, 2.75) is 25.8 Å². The topological polar surface area (TPSA) is 46.3 Å². The number of aromatic nitrogens is 1. The zero-order valence-electron chi connectivity index (χ0n) is 11.2. The van der Waals surface area contributed by atoms with Crippen molar-refractivity contribution in [1.82, 2.24) is 10.1 Å². The zero-order chi connectivity index (χ0) is 13.5. The molecule has 1 aromatic carbocycles. The number of rotatable bonds is 1. The van der Waals surface area contributed by atoms with Crippen LogP contribution in [0, 0.1) is 5.92 Å². The number of carbonyl (C=O) groups is 1. The van der Waals surface area contributed by atoms with Crippen LogP contribution < -0.4 is 0 Å². The average molecular weight is 268 g/mol. The van der Waals surface area contributed by atoms with Crippen molar-refractivity contribution in [2.24, 2.45) is 5.92 Å². The SMILES string of the molecule is O=C(C1Cc2ccccc2C1)N1CCc2nocc2C1. The normalized spacial score (nSPS) is 17.9. The van der Waals surface area contributed by atoms with E-state index in [0.717, 1.165) is 37.1 Å². The van der Waals surface area contributed by atoms with Crippen LogP contribution in [0.5, 0.6) is 0 Å². The summed E-state index contributed by atoms with van der Waals surface area (Å²) in [5.41, 5.74) is 4.71. The summed E-state index contributed by atoms with van der Waals surface area (Å²) in [4.78, 5) is 14.6. The number of carbonyl (C=O) groups excluding carboxylic acids is 1. The standard InChI is InChI=1S/C16H16N2O2/c19-16(13-7-11-3-1-2-4-12(11)8-13)18-6-5-15-14(9-18)10-20-17-15/h1-4,10,13H,5-9H2. The smallest absolute Gasteiger partial charge is 0.226 e. The maximum absolute atomic E-state index is 12.7. The fourth-order valence-corrected chi connectivity index (χ4v) is 3.32. The Morgan fingerprint density at radius 3 is 2.70 bits per heavy atom. The molecular weight excluding hydrogens is 252 g/mol. The maximum atomic E-state index is 12.7. The van der Waals surface area contributed by atoms with Crippen molar-refractivity contribution in [3.63, 3.8) is 0 Å². The molecule has 1 amide bonds. The first-order valence-corrected chi connectivity index (χ1v) is 7.09. The molecule has 0 bridgehead atoms. The van der Waals surface area contributed by atoms with E-state index in [9.17, 15) is 4.79 Å². The van der Waals surface area contributed by atoms with Crippen LogP contribution in [0.1, 0.15) is 22.4 Å². The molecule has 20 heavy (non-hydrogen) atoms. The van der Waals surface area contributed by atoms with Crippen LogP contribution >= 0.6 is 0 Å². The van der Waals surface area contributed by atoms with Crippen molar-refractivity contribution >= 4 is 5.91 Å². The van der Waals surface area contributed by atoms with E-state index in [1.54, 1.807) is 6.26 Å². The fourth-order valence-electron chi connectivity index (χ4n) is 3.32. The lowest BCUT2D eigenvalue weighted by molar-refractivity contribution is -0.136. The monoisotopic (exact) mass is 268 g/mol. The van der Waals surface area contributed by atoms with Crippen molar-refractivity contribution in [3.05, 3.63) is 52.9 Å². The maximum Gasteiger partial charge on any atom is 0.226 e. The molecule has 0 unspecified atom stereocenters. The van der Waals surface area contributed by atoms with Crippen LogP contribution in [0.25, 0.3) is 0 Å². The van der Waals surface area contributed by atoms with Crippen LogP contribution in [-0.4, -0.2) is 22.5 Å². The predicted octanol–water partition coefficient (Wildman–Crippen LogP) is 1.97. The van der Waals surface area contributed by atoms with E-state index in [1.165, 1.54) is 11.1 Å². The van der Waals surface area contributed by atoms with Gasteiger partial charge in [0.25, 0.3) is 0 Å². The van der Waals surface area contributed by atoms with Crippen molar-refractivity contribution in [1.29, 1.82) is 0 Å². The molecule has 1 aliphatic heterocycles. The summed E-state index contributed by atoms with van der Waals surface area (Å²) in [6, 6.07) is 8.37. The van der Waals surface area contributed by atoms with E-state index in [4.69, 9.17) is 4.52 Å². The third-order valence-corrected chi connectivity index (χ3v) is 4.42. The molecule has 0 N–H and O–H groups in total. The zero-order valence-corrected chi connectivity index (χ0v) is 11.2. The third kappa shape index (κ3) is 1.83. The van der Waals surface area contributed by atoms with Gasteiger partial charge in [0.1, 0.15) is 6.26 Å². The summed E-state index contributed by atoms with van der Waals surface area (Å²) in [5, 5.41) is 3.97. The van der Waals surface area contributed by atoms with E-state index >= 15 is 0 Å². The molecule has 4 nitrogen and oxygen atoms in total. The number of benzene rings is 1. The fraction of sp³-hybridized carbons (Fsp3) is 0.375. The second-order valence-corrected chi connectivity index (χ2v) is 5.67. The minimum Gasteiger partial charge on any atom is -0.364 e. The van der Waals surface area contributed by atoms with Crippen LogP contribution in [0.4, 0.5) is 0 Å².